The number of nitrogens with zero attached hydrogens (tertiary/aromatic N) is 2. The van der Waals surface area contributed by atoms with Gasteiger partial charge in [-0.1, -0.05) is 18.0 Å². The number of hydrogen-bond donors (Lipinski definition) is 1. The number of aromatic nitrogens is 2. The lowest BCUT2D eigenvalue weighted by atomic mass is 9.86. The molecule has 1 N–H and O–H groups in total. The van der Waals surface area contributed by atoms with Gasteiger partial charge in [-0.15, -0.1) is 0 Å². The second kappa shape index (κ2) is 6.39. The van der Waals surface area contributed by atoms with Crippen LogP contribution in [-0.2, 0) is 11.3 Å². The summed E-state index contributed by atoms with van der Waals surface area (Å²) in [6, 6.07) is 0. The molecule has 116 valence electrons. The van der Waals surface area contributed by atoms with E-state index in [1.807, 2.05) is 17.8 Å². The van der Waals surface area contributed by atoms with Crippen LogP contribution in [0.1, 0.15) is 44.2 Å². The summed E-state index contributed by atoms with van der Waals surface area (Å²) in [7, 11) is 0. The van der Waals surface area contributed by atoms with Crippen molar-refractivity contribution in [2.75, 3.05) is 6.54 Å². The average molecular weight is 310 g/mol. The van der Waals surface area contributed by atoms with E-state index in [1.165, 1.54) is 25.7 Å². The lowest BCUT2D eigenvalue weighted by molar-refractivity contribution is -0.122. The second-order valence-electron chi connectivity index (χ2n) is 6.67. The van der Waals surface area contributed by atoms with E-state index in [2.05, 4.69) is 10.4 Å². The summed E-state index contributed by atoms with van der Waals surface area (Å²) >= 11 is 5.97. The first-order valence-corrected chi connectivity index (χ1v) is 8.46. The second-order valence-corrected chi connectivity index (χ2v) is 7.08. The van der Waals surface area contributed by atoms with Crippen LogP contribution in [0.5, 0.6) is 0 Å². The minimum absolute atomic E-state index is 0.224. The van der Waals surface area contributed by atoms with E-state index in [4.69, 9.17) is 11.6 Å². The van der Waals surface area contributed by atoms with Crippen molar-refractivity contribution >= 4 is 17.5 Å². The first kappa shape index (κ1) is 14.9. The Morgan fingerprint density at radius 1 is 1.48 bits per heavy atom. The molecule has 2 bridgehead atoms. The van der Waals surface area contributed by atoms with Gasteiger partial charge in [-0.3, -0.25) is 9.48 Å². The van der Waals surface area contributed by atoms with Gasteiger partial charge < -0.3 is 5.32 Å². The molecule has 0 aliphatic heterocycles. The number of carbonyl (C=O) groups excluding carboxylic acids is 1. The van der Waals surface area contributed by atoms with Crippen LogP contribution in [0.3, 0.4) is 0 Å². The molecule has 21 heavy (non-hydrogen) atoms. The highest BCUT2D eigenvalue weighted by Gasteiger charge is 2.39. The molecule has 3 unspecified atom stereocenters. The van der Waals surface area contributed by atoms with Crippen molar-refractivity contribution in [3.05, 3.63) is 16.9 Å². The van der Waals surface area contributed by atoms with Gasteiger partial charge in [0.2, 0.25) is 5.91 Å². The highest BCUT2D eigenvalue weighted by atomic mass is 35.5. The SMILES string of the molecule is Cc1nn(CCCNC(=O)CC2CC3CCC2C3)cc1Cl. The van der Waals surface area contributed by atoms with Gasteiger partial charge in [-0.05, 0) is 50.4 Å². The number of carbonyl (C=O) groups is 1. The van der Waals surface area contributed by atoms with Crippen LogP contribution in [0, 0.1) is 24.7 Å². The first-order chi connectivity index (χ1) is 10.1. The number of aryl methyl sites for hydroxylation is 2. The van der Waals surface area contributed by atoms with Crippen LogP contribution in [0.25, 0.3) is 0 Å². The Kier molecular flexibility index (Phi) is 4.53. The number of fused-ring (bicyclic) bond motifs is 2. The maximum atomic E-state index is 12.0. The Labute approximate surface area is 131 Å². The molecule has 0 radical (unpaired) electrons. The van der Waals surface area contributed by atoms with E-state index < -0.39 is 0 Å². The van der Waals surface area contributed by atoms with Crippen LogP contribution in [0.4, 0.5) is 0 Å². The molecule has 1 aromatic heterocycles. The summed E-state index contributed by atoms with van der Waals surface area (Å²) in [4.78, 5) is 12.0. The highest BCUT2D eigenvalue weighted by molar-refractivity contribution is 6.31. The molecule has 1 aromatic rings. The normalized spacial score (nSPS) is 27.2. The molecule has 4 nitrogen and oxygen atoms in total. The van der Waals surface area contributed by atoms with Gasteiger partial charge in [0.05, 0.1) is 10.7 Å². The average Bonchev–Trinajstić information content (AvgIpc) is 3.12. The smallest absolute Gasteiger partial charge is 0.220 e. The third-order valence-corrected chi connectivity index (χ3v) is 5.48. The topological polar surface area (TPSA) is 46.9 Å². The van der Waals surface area contributed by atoms with E-state index in [0.717, 1.165) is 43.5 Å². The standard InChI is InChI=1S/C16H24ClN3O/c1-11-15(17)10-20(19-11)6-2-5-18-16(21)9-14-8-12-3-4-13(14)7-12/h10,12-14H,2-9H2,1H3,(H,18,21). The monoisotopic (exact) mass is 309 g/mol. The molecule has 1 heterocycles. The number of rotatable bonds is 6. The number of halogens is 1. The van der Waals surface area contributed by atoms with Crippen LogP contribution < -0.4 is 5.32 Å². The maximum absolute atomic E-state index is 12.0. The van der Waals surface area contributed by atoms with E-state index >= 15 is 0 Å². The van der Waals surface area contributed by atoms with Gasteiger partial charge in [0, 0.05) is 25.7 Å². The van der Waals surface area contributed by atoms with Gasteiger partial charge in [0.25, 0.3) is 0 Å². The predicted molar refractivity (Wildman–Crippen MR) is 83.2 cm³/mol. The third-order valence-electron chi connectivity index (χ3n) is 5.10. The Morgan fingerprint density at radius 3 is 2.95 bits per heavy atom. The highest BCUT2D eigenvalue weighted by Crippen LogP contribution is 2.49. The molecule has 0 aromatic carbocycles. The maximum Gasteiger partial charge on any atom is 0.220 e. The summed E-state index contributed by atoms with van der Waals surface area (Å²) in [5, 5.41) is 8.06. The van der Waals surface area contributed by atoms with Crippen molar-refractivity contribution in [3.8, 4) is 0 Å². The number of amides is 1. The van der Waals surface area contributed by atoms with Crippen molar-refractivity contribution < 1.29 is 4.79 Å². The Balaban J connectivity index is 1.33. The summed E-state index contributed by atoms with van der Waals surface area (Å²) in [5.41, 5.74) is 0.858. The molecule has 2 aliphatic rings. The molecule has 3 rings (SSSR count). The molecule has 1 amide bonds. The lowest BCUT2D eigenvalue weighted by Crippen LogP contribution is -2.28. The Bertz CT molecular complexity index is 494. The molecule has 2 fully saturated rings. The summed E-state index contributed by atoms with van der Waals surface area (Å²) in [6.45, 7) is 3.41. The van der Waals surface area contributed by atoms with E-state index in [-0.39, 0.29) is 5.91 Å². The van der Waals surface area contributed by atoms with Crippen molar-refractivity contribution in [3.63, 3.8) is 0 Å². The molecule has 0 spiro atoms. The van der Waals surface area contributed by atoms with Crippen molar-refractivity contribution in [1.29, 1.82) is 0 Å². The Hall–Kier alpha value is -1.03. The van der Waals surface area contributed by atoms with E-state index in [1.54, 1.807) is 0 Å². The number of hydrogen-bond acceptors (Lipinski definition) is 2. The fourth-order valence-corrected chi connectivity index (χ4v) is 4.16. The van der Waals surface area contributed by atoms with Crippen molar-refractivity contribution in [2.45, 2.75) is 52.0 Å². The fraction of sp³-hybridized carbons (Fsp3) is 0.750. The molecule has 2 aliphatic carbocycles. The zero-order valence-corrected chi connectivity index (χ0v) is 13.4. The summed E-state index contributed by atoms with van der Waals surface area (Å²) < 4.78 is 1.85. The van der Waals surface area contributed by atoms with Gasteiger partial charge in [-0.25, -0.2) is 0 Å². The predicted octanol–water partition coefficient (Wildman–Crippen LogP) is 3.18. The van der Waals surface area contributed by atoms with Crippen LogP contribution >= 0.6 is 11.6 Å². The number of nitrogens with one attached hydrogen (secondary N) is 1. The summed E-state index contributed by atoms with van der Waals surface area (Å²) in [6.07, 6.45) is 8.86. The minimum atomic E-state index is 0.224. The van der Waals surface area contributed by atoms with Gasteiger partial charge >= 0.3 is 0 Å². The molecular weight excluding hydrogens is 286 g/mol. The van der Waals surface area contributed by atoms with Crippen LogP contribution in [0.2, 0.25) is 5.02 Å². The summed E-state index contributed by atoms with van der Waals surface area (Å²) in [5.74, 6) is 2.62. The van der Waals surface area contributed by atoms with Gasteiger partial charge in [0.15, 0.2) is 0 Å². The van der Waals surface area contributed by atoms with Gasteiger partial charge in [-0.2, -0.15) is 5.10 Å². The molecule has 5 heteroatoms. The first-order valence-electron chi connectivity index (χ1n) is 8.08. The molecule has 3 atom stereocenters. The zero-order valence-electron chi connectivity index (χ0n) is 12.6. The quantitative estimate of drug-likeness (QED) is 0.820. The lowest BCUT2D eigenvalue weighted by Gasteiger charge is -2.20. The van der Waals surface area contributed by atoms with E-state index in [0.29, 0.717) is 10.9 Å². The Morgan fingerprint density at radius 2 is 2.33 bits per heavy atom. The molecule has 0 saturated heterocycles. The van der Waals surface area contributed by atoms with Crippen LogP contribution in [0.15, 0.2) is 6.20 Å². The van der Waals surface area contributed by atoms with Crippen molar-refractivity contribution in [1.82, 2.24) is 15.1 Å². The largest absolute Gasteiger partial charge is 0.356 e. The van der Waals surface area contributed by atoms with Crippen molar-refractivity contribution in [2.24, 2.45) is 17.8 Å². The molecule has 2 saturated carbocycles. The fourth-order valence-electron chi connectivity index (χ4n) is 4.01. The van der Waals surface area contributed by atoms with Gasteiger partial charge in [0.1, 0.15) is 0 Å². The van der Waals surface area contributed by atoms with E-state index in [9.17, 15) is 4.79 Å². The molecular formula is C16H24ClN3O. The zero-order chi connectivity index (χ0) is 14.8. The minimum Gasteiger partial charge on any atom is -0.356 e. The third kappa shape index (κ3) is 3.60. The van der Waals surface area contributed by atoms with Crippen LogP contribution in [-0.4, -0.2) is 22.2 Å².